The van der Waals surface area contributed by atoms with Crippen LogP contribution >= 0.6 is 0 Å². The summed E-state index contributed by atoms with van der Waals surface area (Å²) in [4.78, 5) is 29.6. The SMILES string of the molecule is COCCN1C(=O)c2ccccc2C(C(=O)NCc2ccccc2OC)C1c1cn(C)c2ccccc12. The summed E-state index contributed by atoms with van der Waals surface area (Å²) in [6, 6.07) is 22.6. The van der Waals surface area contributed by atoms with Crippen LogP contribution in [0.15, 0.2) is 79.0 Å². The first-order valence-corrected chi connectivity index (χ1v) is 12.4. The van der Waals surface area contributed by atoms with Crippen LogP contribution in [0.1, 0.15) is 39.0 Å². The Balaban J connectivity index is 1.62. The fourth-order valence-electron chi connectivity index (χ4n) is 5.41. The number of para-hydroxylation sites is 2. The molecule has 1 N–H and O–H groups in total. The Labute approximate surface area is 216 Å². The van der Waals surface area contributed by atoms with E-state index in [-0.39, 0.29) is 11.8 Å². The van der Waals surface area contributed by atoms with E-state index in [9.17, 15) is 9.59 Å². The first-order valence-electron chi connectivity index (χ1n) is 12.4. The molecule has 7 nitrogen and oxygen atoms in total. The lowest BCUT2D eigenvalue weighted by Crippen LogP contribution is -2.48. The molecule has 0 saturated carbocycles. The van der Waals surface area contributed by atoms with Crippen LogP contribution in [0.5, 0.6) is 5.75 Å². The van der Waals surface area contributed by atoms with Crippen LogP contribution in [-0.2, 0) is 23.1 Å². The van der Waals surface area contributed by atoms with Gasteiger partial charge < -0.3 is 24.3 Å². The van der Waals surface area contributed by atoms with Gasteiger partial charge in [-0.2, -0.15) is 0 Å². The number of carbonyl (C=O) groups excluding carboxylic acids is 2. The Morgan fingerprint density at radius 1 is 0.946 bits per heavy atom. The second-order valence-electron chi connectivity index (χ2n) is 9.24. The standard InChI is InChI=1S/C30H31N3O4/c1-32-19-24(21-11-7-8-14-25(21)32)28-27(29(34)31-18-20-10-4-9-15-26(20)37-3)22-12-5-6-13-23(22)30(35)33(28)16-17-36-2/h4-15,19,27-28H,16-18H2,1-3H3,(H,31,34). The second kappa shape index (κ2) is 10.5. The number of fused-ring (bicyclic) bond motifs is 2. The number of nitrogens with one attached hydrogen (secondary N) is 1. The molecular formula is C30H31N3O4. The number of ether oxygens (including phenoxy) is 2. The van der Waals surface area contributed by atoms with Crippen LogP contribution in [0.2, 0.25) is 0 Å². The number of carbonyl (C=O) groups is 2. The maximum Gasteiger partial charge on any atom is 0.254 e. The van der Waals surface area contributed by atoms with E-state index in [0.29, 0.717) is 31.0 Å². The predicted octanol–water partition coefficient (Wildman–Crippen LogP) is 4.43. The van der Waals surface area contributed by atoms with Gasteiger partial charge in [0.05, 0.1) is 25.7 Å². The summed E-state index contributed by atoms with van der Waals surface area (Å²) in [5, 5.41) is 4.16. The number of aromatic nitrogens is 1. The molecule has 2 atom stereocenters. The number of methoxy groups -OCH3 is 2. The molecule has 37 heavy (non-hydrogen) atoms. The molecule has 7 heteroatoms. The minimum absolute atomic E-state index is 0.0978. The summed E-state index contributed by atoms with van der Waals surface area (Å²) < 4.78 is 12.9. The van der Waals surface area contributed by atoms with Crippen molar-refractivity contribution in [1.29, 1.82) is 0 Å². The molecule has 0 fully saturated rings. The van der Waals surface area contributed by atoms with Crippen molar-refractivity contribution in [2.45, 2.75) is 18.5 Å². The normalized spacial score (nSPS) is 17.1. The molecule has 190 valence electrons. The summed E-state index contributed by atoms with van der Waals surface area (Å²) in [6.07, 6.45) is 2.04. The van der Waals surface area contributed by atoms with E-state index in [1.165, 1.54) is 0 Å². The van der Waals surface area contributed by atoms with E-state index < -0.39 is 12.0 Å². The molecule has 1 aliphatic heterocycles. The molecule has 0 radical (unpaired) electrons. The molecule has 1 aliphatic rings. The van der Waals surface area contributed by atoms with Gasteiger partial charge in [0.25, 0.3) is 5.91 Å². The Morgan fingerprint density at radius 3 is 2.49 bits per heavy atom. The molecule has 2 heterocycles. The lowest BCUT2D eigenvalue weighted by Gasteiger charge is -2.41. The smallest absolute Gasteiger partial charge is 0.254 e. The minimum atomic E-state index is -0.605. The van der Waals surface area contributed by atoms with Crippen molar-refractivity contribution in [1.82, 2.24) is 14.8 Å². The monoisotopic (exact) mass is 497 g/mol. The fraction of sp³-hybridized carbons (Fsp3) is 0.267. The van der Waals surface area contributed by atoms with E-state index in [4.69, 9.17) is 9.47 Å². The van der Waals surface area contributed by atoms with Gasteiger partial charge in [0.2, 0.25) is 5.91 Å². The number of amides is 2. The molecule has 0 aliphatic carbocycles. The van der Waals surface area contributed by atoms with Crippen LogP contribution in [0.25, 0.3) is 10.9 Å². The highest BCUT2D eigenvalue weighted by Gasteiger charge is 2.44. The van der Waals surface area contributed by atoms with E-state index in [1.54, 1.807) is 25.2 Å². The Morgan fingerprint density at radius 2 is 1.68 bits per heavy atom. The van der Waals surface area contributed by atoms with Gasteiger partial charge in [-0.15, -0.1) is 0 Å². The Kier molecular flexibility index (Phi) is 6.97. The third-order valence-corrected chi connectivity index (χ3v) is 7.15. The average molecular weight is 498 g/mol. The van der Waals surface area contributed by atoms with Gasteiger partial charge in [-0.05, 0) is 23.8 Å². The topological polar surface area (TPSA) is 72.8 Å². The van der Waals surface area contributed by atoms with Crippen molar-refractivity contribution in [3.8, 4) is 5.75 Å². The quantitative estimate of drug-likeness (QED) is 0.391. The van der Waals surface area contributed by atoms with Gasteiger partial charge in [0, 0.05) is 61.0 Å². The Hall–Kier alpha value is -4.10. The summed E-state index contributed by atoms with van der Waals surface area (Å²) in [6.45, 7) is 1.05. The number of hydrogen-bond acceptors (Lipinski definition) is 4. The highest BCUT2D eigenvalue weighted by Crippen LogP contribution is 2.45. The van der Waals surface area contributed by atoms with Gasteiger partial charge in [0.15, 0.2) is 0 Å². The Bertz CT molecular complexity index is 1440. The molecule has 2 unspecified atom stereocenters. The van der Waals surface area contributed by atoms with Gasteiger partial charge >= 0.3 is 0 Å². The van der Waals surface area contributed by atoms with Crippen LogP contribution in [0, 0.1) is 0 Å². The van der Waals surface area contributed by atoms with E-state index in [1.807, 2.05) is 84.5 Å². The molecule has 5 rings (SSSR count). The fourth-order valence-corrected chi connectivity index (χ4v) is 5.41. The number of benzene rings is 3. The molecule has 3 aromatic carbocycles. The van der Waals surface area contributed by atoms with E-state index >= 15 is 0 Å². The van der Waals surface area contributed by atoms with Gasteiger partial charge in [0.1, 0.15) is 5.75 Å². The van der Waals surface area contributed by atoms with Gasteiger partial charge in [-0.1, -0.05) is 54.6 Å². The number of aryl methyl sites for hydroxylation is 1. The third kappa shape index (κ3) is 4.47. The highest BCUT2D eigenvalue weighted by molar-refractivity contribution is 6.02. The molecule has 4 aromatic rings. The zero-order valence-electron chi connectivity index (χ0n) is 21.3. The molecule has 0 bridgehead atoms. The lowest BCUT2D eigenvalue weighted by molar-refractivity contribution is -0.124. The summed E-state index contributed by atoms with van der Waals surface area (Å²) >= 11 is 0. The summed E-state index contributed by atoms with van der Waals surface area (Å²) in [5.41, 5.74) is 4.15. The van der Waals surface area contributed by atoms with Crippen molar-refractivity contribution < 1.29 is 19.1 Å². The van der Waals surface area contributed by atoms with Crippen molar-refractivity contribution in [2.24, 2.45) is 7.05 Å². The first kappa shape index (κ1) is 24.6. The average Bonchev–Trinajstić information content (AvgIpc) is 3.27. The number of rotatable bonds is 8. The predicted molar refractivity (Wildman–Crippen MR) is 143 cm³/mol. The van der Waals surface area contributed by atoms with Crippen molar-refractivity contribution in [2.75, 3.05) is 27.4 Å². The van der Waals surface area contributed by atoms with Crippen LogP contribution < -0.4 is 10.1 Å². The number of nitrogens with zero attached hydrogens (tertiary/aromatic N) is 2. The number of hydrogen-bond donors (Lipinski definition) is 1. The van der Waals surface area contributed by atoms with Crippen molar-refractivity contribution >= 4 is 22.7 Å². The van der Waals surface area contributed by atoms with Crippen LogP contribution in [0.4, 0.5) is 0 Å². The molecule has 2 amide bonds. The van der Waals surface area contributed by atoms with Crippen molar-refractivity contribution in [3.63, 3.8) is 0 Å². The first-order chi connectivity index (χ1) is 18.0. The van der Waals surface area contributed by atoms with E-state index in [0.717, 1.165) is 27.6 Å². The molecular weight excluding hydrogens is 466 g/mol. The van der Waals surface area contributed by atoms with Crippen LogP contribution in [0.3, 0.4) is 0 Å². The van der Waals surface area contributed by atoms with Crippen LogP contribution in [-0.4, -0.2) is 48.7 Å². The minimum Gasteiger partial charge on any atom is -0.496 e. The molecule has 0 saturated heterocycles. The maximum absolute atomic E-state index is 14.1. The molecule has 0 spiro atoms. The largest absolute Gasteiger partial charge is 0.496 e. The van der Waals surface area contributed by atoms with Gasteiger partial charge in [-0.3, -0.25) is 9.59 Å². The zero-order valence-corrected chi connectivity index (χ0v) is 21.3. The maximum atomic E-state index is 14.1. The second-order valence-corrected chi connectivity index (χ2v) is 9.24. The zero-order chi connectivity index (χ0) is 25.9. The summed E-state index contributed by atoms with van der Waals surface area (Å²) in [7, 11) is 5.22. The van der Waals surface area contributed by atoms with Gasteiger partial charge in [-0.25, -0.2) is 0 Å². The highest BCUT2D eigenvalue weighted by atomic mass is 16.5. The summed E-state index contributed by atoms with van der Waals surface area (Å²) in [5.74, 6) is -0.133. The third-order valence-electron chi connectivity index (χ3n) is 7.15. The molecule has 1 aromatic heterocycles. The van der Waals surface area contributed by atoms with E-state index in [2.05, 4.69) is 5.32 Å². The van der Waals surface area contributed by atoms with Crippen molar-refractivity contribution in [3.05, 3.63) is 101 Å². The lowest BCUT2D eigenvalue weighted by atomic mass is 9.79.